The molecule has 4 nitrogen and oxygen atoms in total. The van der Waals surface area contributed by atoms with Crippen LogP contribution in [0.15, 0.2) is 54.6 Å². The highest BCUT2D eigenvalue weighted by atomic mass is 16.7. The fourth-order valence-corrected chi connectivity index (χ4v) is 5.17. The van der Waals surface area contributed by atoms with Gasteiger partial charge in [0.15, 0.2) is 11.5 Å². The molecule has 0 saturated carbocycles. The number of ether oxygens (including phenoxy) is 2. The van der Waals surface area contributed by atoms with Gasteiger partial charge in [0.05, 0.1) is 6.17 Å². The Kier molecular flexibility index (Phi) is 5.59. The summed E-state index contributed by atoms with van der Waals surface area (Å²) in [6.07, 6.45) is 3.66. The minimum absolute atomic E-state index is 0.342. The number of rotatable bonds is 6. The molecule has 2 unspecified atom stereocenters. The Hall–Kier alpha value is -2.56. The van der Waals surface area contributed by atoms with E-state index >= 15 is 0 Å². The molecule has 0 amide bonds. The van der Waals surface area contributed by atoms with Crippen LogP contribution in [0, 0.1) is 0 Å². The lowest BCUT2D eigenvalue weighted by atomic mass is 9.97. The van der Waals surface area contributed by atoms with Gasteiger partial charge >= 0.3 is 0 Å². The first-order chi connectivity index (χ1) is 15.1. The van der Waals surface area contributed by atoms with E-state index in [4.69, 9.17) is 9.47 Å². The topological polar surface area (TPSA) is 24.9 Å². The van der Waals surface area contributed by atoms with Crippen molar-refractivity contribution in [2.24, 2.45) is 0 Å². The maximum absolute atomic E-state index is 5.62. The van der Waals surface area contributed by atoms with Crippen LogP contribution in [0.2, 0.25) is 0 Å². The molecule has 5 rings (SSSR count). The number of nitrogens with zero attached hydrogens (tertiary/aromatic N) is 2. The lowest BCUT2D eigenvalue weighted by Crippen LogP contribution is -2.51. The van der Waals surface area contributed by atoms with E-state index in [1.165, 1.54) is 27.5 Å². The van der Waals surface area contributed by atoms with Crippen molar-refractivity contribution in [3.05, 3.63) is 71.3 Å². The molecule has 3 aromatic rings. The molecule has 31 heavy (non-hydrogen) atoms. The summed E-state index contributed by atoms with van der Waals surface area (Å²) < 4.78 is 11.2. The van der Waals surface area contributed by atoms with Crippen molar-refractivity contribution in [3.63, 3.8) is 0 Å². The monoisotopic (exact) mass is 416 g/mol. The van der Waals surface area contributed by atoms with Crippen molar-refractivity contribution >= 4 is 10.8 Å². The second kappa shape index (κ2) is 8.52. The van der Waals surface area contributed by atoms with Crippen LogP contribution in [0.5, 0.6) is 11.5 Å². The summed E-state index contributed by atoms with van der Waals surface area (Å²) in [4.78, 5) is 5.19. The number of hydrogen-bond acceptors (Lipinski definition) is 4. The summed E-state index contributed by atoms with van der Waals surface area (Å²) in [7, 11) is 2.29. The molecule has 0 bridgehead atoms. The van der Waals surface area contributed by atoms with E-state index in [0.29, 0.717) is 19.0 Å². The van der Waals surface area contributed by atoms with E-state index in [1.807, 2.05) is 0 Å². The summed E-state index contributed by atoms with van der Waals surface area (Å²) in [6, 6.07) is 20.3. The molecule has 2 aliphatic rings. The minimum Gasteiger partial charge on any atom is -0.454 e. The maximum atomic E-state index is 5.62. The average Bonchev–Trinajstić information content (AvgIpc) is 3.25. The average molecular weight is 417 g/mol. The van der Waals surface area contributed by atoms with E-state index in [2.05, 4.69) is 85.3 Å². The lowest BCUT2D eigenvalue weighted by Gasteiger charge is -2.42. The Morgan fingerprint density at radius 1 is 0.968 bits per heavy atom. The Bertz CT molecular complexity index is 1080. The van der Waals surface area contributed by atoms with E-state index in [0.717, 1.165) is 43.9 Å². The number of likely N-dealkylation sites (N-methyl/N-ethyl adjacent to an activating group) is 1. The highest BCUT2D eigenvalue weighted by Crippen LogP contribution is 2.37. The molecule has 2 heterocycles. The van der Waals surface area contributed by atoms with Crippen molar-refractivity contribution in [1.82, 2.24) is 9.80 Å². The zero-order chi connectivity index (χ0) is 21.4. The highest BCUT2D eigenvalue weighted by molar-refractivity contribution is 5.83. The van der Waals surface area contributed by atoms with Crippen molar-refractivity contribution in [2.45, 2.75) is 51.9 Å². The molecule has 162 valence electrons. The first kappa shape index (κ1) is 20.3. The Morgan fingerprint density at radius 2 is 1.71 bits per heavy atom. The summed E-state index contributed by atoms with van der Waals surface area (Å²) in [5, 5.41) is 2.64. The fraction of sp³-hybridized carbons (Fsp3) is 0.407. The van der Waals surface area contributed by atoms with Gasteiger partial charge in [-0.3, -0.25) is 9.80 Å². The van der Waals surface area contributed by atoms with Crippen molar-refractivity contribution < 1.29 is 9.47 Å². The van der Waals surface area contributed by atoms with Crippen LogP contribution in [0.3, 0.4) is 0 Å². The molecule has 2 aliphatic heterocycles. The standard InChI is InChI=1S/C27H32N2O2/c1-4-27(29-12-11-23-15-25-26(31-18-30-25)16-24(23)17-29)28(3)19(2)13-20-9-10-21-7-5-6-8-22(21)14-20/h5-10,14-16,19,27H,4,11-13,17-18H2,1-3H3. The van der Waals surface area contributed by atoms with Gasteiger partial charge < -0.3 is 9.47 Å². The van der Waals surface area contributed by atoms with E-state index < -0.39 is 0 Å². The highest BCUT2D eigenvalue weighted by Gasteiger charge is 2.29. The van der Waals surface area contributed by atoms with Gasteiger partial charge in [-0.2, -0.15) is 0 Å². The van der Waals surface area contributed by atoms with E-state index in [1.54, 1.807) is 0 Å². The summed E-state index contributed by atoms with van der Waals surface area (Å²) >= 11 is 0. The van der Waals surface area contributed by atoms with Crippen molar-refractivity contribution in [1.29, 1.82) is 0 Å². The van der Waals surface area contributed by atoms with Crippen molar-refractivity contribution in [3.8, 4) is 11.5 Å². The first-order valence-electron chi connectivity index (χ1n) is 11.5. The third-order valence-electron chi connectivity index (χ3n) is 7.03. The second-order valence-electron chi connectivity index (χ2n) is 8.98. The van der Waals surface area contributed by atoms with Gasteiger partial charge in [-0.15, -0.1) is 0 Å². The fourth-order valence-electron chi connectivity index (χ4n) is 5.17. The van der Waals surface area contributed by atoms with Gasteiger partial charge in [-0.05, 0) is 72.8 Å². The quantitative estimate of drug-likeness (QED) is 0.550. The first-order valence-corrected chi connectivity index (χ1v) is 11.5. The number of fused-ring (bicyclic) bond motifs is 3. The van der Waals surface area contributed by atoms with E-state index in [-0.39, 0.29) is 0 Å². The predicted molar refractivity (Wildman–Crippen MR) is 126 cm³/mol. The zero-order valence-electron chi connectivity index (χ0n) is 18.8. The zero-order valence-corrected chi connectivity index (χ0v) is 18.8. The second-order valence-corrected chi connectivity index (χ2v) is 8.98. The summed E-state index contributed by atoms with van der Waals surface area (Å²) in [5.74, 6) is 1.80. The normalized spacial score (nSPS) is 17.7. The number of hydrogen-bond donors (Lipinski definition) is 0. The van der Waals surface area contributed by atoms with Crippen LogP contribution in [0.4, 0.5) is 0 Å². The molecule has 0 aromatic heterocycles. The van der Waals surface area contributed by atoms with Crippen LogP contribution in [0.25, 0.3) is 10.8 Å². The molecule has 2 atom stereocenters. The molecule has 0 saturated heterocycles. The van der Waals surface area contributed by atoms with Crippen molar-refractivity contribution in [2.75, 3.05) is 20.4 Å². The van der Waals surface area contributed by atoms with Gasteiger partial charge in [0.2, 0.25) is 6.79 Å². The Labute approximate surface area is 185 Å². The summed E-state index contributed by atoms with van der Waals surface area (Å²) in [6.45, 7) is 7.05. The van der Waals surface area contributed by atoms with Gasteiger partial charge in [0, 0.05) is 19.1 Å². The molecular formula is C27H32N2O2. The maximum Gasteiger partial charge on any atom is 0.231 e. The Balaban J connectivity index is 1.29. The Morgan fingerprint density at radius 3 is 2.48 bits per heavy atom. The molecule has 4 heteroatoms. The third-order valence-corrected chi connectivity index (χ3v) is 7.03. The van der Waals surface area contributed by atoms with Crippen LogP contribution in [-0.2, 0) is 19.4 Å². The van der Waals surface area contributed by atoms with Crippen LogP contribution in [0.1, 0.15) is 37.0 Å². The van der Waals surface area contributed by atoms with Crippen LogP contribution in [-0.4, -0.2) is 42.4 Å². The molecule has 0 N–H and O–H groups in total. The van der Waals surface area contributed by atoms with Gasteiger partial charge in [-0.25, -0.2) is 0 Å². The summed E-state index contributed by atoms with van der Waals surface area (Å²) in [5.41, 5.74) is 4.19. The van der Waals surface area contributed by atoms with Gasteiger partial charge in [0.25, 0.3) is 0 Å². The van der Waals surface area contributed by atoms with Gasteiger partial charge in [-0.1, -0.05) is 49.4 Å². The molecule has 0 radical (unpaired) electrons. The largest absolute Gasteiger partial charge is 0.454 e. The smallest absolute Gasteiger partial charge is 0.231 e. The molecule has 3 aromatic carbocycles. The molecule has 0 fully saturated rings. The van der Waals surface area contributed by atoms with E-state index in [9.17, 15) is 0 Å². The predicted octanol–water partition coefficient (Wildman–Crippen LogP) is 5.23. The molecule has 0 aliphatic carbocycles. The minimum atomic E-state index is 0.342. The molecule has 0 spiro atoms. The number of benzene rings is 3. The molecular weight excluding hydrogens is 384 g/mol. The third kappa shape index (κ3) is 4.02. The van der Waals surface area contributed by atoms with Crippen LogP contribution >= 0.6 is 0 Å². The lowest BCUT2D eigenvalue weighted by molar-refractivity contribution is 0.0238. The SMILES string of the molecule is CCC(N1CCc2cc3c(cc2C1)OCO3)N(C)C(C)Cc1ccc2ccccc2c1. The van der Waals surface area contributed by atoms with Gasteiger partial charge in [0.1, 0.15) is 0 Å². The van der Waals surface area contributed by atoms with Crippen LogP contribution < -0.4 is 9.47 Å².